The highest BCUT2D eigenvalue weighted by atomic mass is 35.5. The smallest absolute Gasteiger partial charge is 0.349 e. The Hall–Kier alpha value is -3.19. The number of anilines is 1. The normalized spacial score (nSPS) is 16.0. The molecule has 2 amide bonds. The van der Waals surface area contributed by atoms with Gasteiger partial charge in [0.15, 0.2) is 6.61 Å². The number of amides is 2. The maximum Gasteiger partial charge on any atom is 0.349 e. The Bertz CT molecular complexity index is 1040. The van der Waals surface area contributed by atoms with Gasteiger partial charge in [-0.3, -0.25) is 9.59 Å². The van der Waals surface area contributed by atoms with Crippen LogP contribution in [0.3, 0.4) is 0 Å². The van der Waals surface area contributed by atoms with Crippen LogP contribution in [0.15, 0.2) is 53.6 Å². The highest BCUT2D eigenvalue weighted by Crippen LogP contribution is 2.42. The second kappa shape index (κ2) is 8.28. The van der Waals surface area contributed by atoms with Gasteiger partial charge >= 0.3 is 5.97 Å². The molecule has 0 unspecified atom stereocenters. The van der Waals surface area contributed by atoms with E-state index in [1.54, 1.807) is 30.3 Å². The molecule has 0 spiro atoms. The monoisotopic (exact) mass is 429 g/mol. The van der Waals surface area contributed by atoms with E-state index in [9.17, 15) is 18.8 Å². The predicted octanol–water partition coefficient (Wildman–Crippen LogP) is 4.21. The lowest BCUT2D eigenvalue weighted by Crippen LogP contribution is -2.32. The first-order valence-electron chi connectivity index (χ1n) is 9.44. The van der Waals surface area contributed by atoms with Crippen LogP contribution in [0, 0.1) is 5.82 Å². The summed E-state index contributed by atoms with van der Waals surface area (Å²) in [5.74, 6) is -2.33. The largest absolute Gasteiger partial charge is 0.480 e. The van der Waals surface area contributed by atoms with Crippen LogP contribution in [0.5, 0.6) is 11.5 Å². The van der Waals surface area contributed by atoms with Crippen molar-refractivity contribution >= 4 is 35.1 Å². The molecule has 0 saturated carbocycles. The van der Waals surface area contributed by atoms with Crippen molar-refractivity contribution in [3.63, 3.8) is 0 Å². The number of halogens is 2. The van der Waals surface area contributed by atoms with Crippen LogP contribution in [0.1, 0.15) is 25.7 Å². The lowest BCUT2D eigenvalue weighted by molar-refractivity contribution is -0.136. The minimum absolute atomic E-state index is 0.0384. The molecule has 0 radical (unpaired) electrons. The minimum atomic E-state index is -0.833. The third-order valence-electron chi connectivity index (χ3n) is 4.97. The van der Waals surface area contributed by atoms with Gasteiger partial charge in [0, 0.05) is 11.1 Å². The zero-order chi connectivity index (χ0) is 21.3. The van der Waals surface area contributed by atoms with E-state index in [-0.39, 0.29) is 16.5 Å². The molecule has 154 valence electrons. The Balaban J connectivity index is 1.54. The second-order valence-corrected chi connectivity index (χ2v) is 7.27. The van der Waals surface area contributed by atoms with E-state index in [1.165, 1.54) is 6.07 Å². The predicted molar refractivity (Wildman–Crippen MR) is 107 cm³/mol. The average molecular weight is 430 g/mol. The molecule has 1 heterocycles. The number of ether oxygens (including phenoxy) is 2. The molecule has 0 fully saturated rings. The number of imide groups is 1. The molecule has 0 N–H and O–H groups in total. The molecule has 4 rings (SSSR count). The van der Waals surface area contributed by atoms with Crippen LogP contribution < -0.4 is 14.4 Å². The van der Waals surface area contributed by atoms with Crippen molar-refractivity contribution in [1.82, 2.24) is 0 Å². The van der Waals surface area contributed by atoms with E-state index in [0.29, 0.717) is 29.7 Å². The Morgan fingerprint density at radius 1 is 1.00 bits per heavy atom. The first-order chi connectivity index (χ1) is 14.5. The first-order valence-corrected chi connectivity index (χ1v) is 9.82. The van der Waals surface area contributed by atoms with Crippen molar-refractivity contribution in [2.45, 2.75) is 25.7 Å². The SMILES string of the molecule is O=C(COc1ccc(F)c(N2C(=O)C3=C(CCCC3)C2=O)c1Cl)Oc1ccccc1. The summed E-state index contributed by atoms with van der Waals surface area (Å²) < 4.78 is 25.1. The molecular formula is C22H17ClFNO5. The Morgan fingerprint density at radius 2 is 1.63 bits per heavy atom. The van der Waals surface area contributed by atoms with Gasteiger partial charge in [-0.1, -0.05) is 29.8 Å². The number of rotatable bonds is 5. The molecule has 1 aliphatic heterocycles. The number of hydrogen-bond donors (Lipinski definition) is 0. The Morgan fingerprint density at radius 3 is 2.27 bits per heavy atom. The summed E-state index contributed by atoms with van der Waals surface area (Å²) in [6.07, 6.45) is 2.57. The molecule has 0 bridgehead atoms. The first kappa shape index (κ1) is 20.1. The number of hydrogen-bond acceptors (Lipinski definition) is 5. The molecule has 0 aromatic heterocycles. The molecule has 30 heavy (non-hydrogen) atoms. The fraction of sp³-hybridized carbons (Fsp3) is 0.227. The highest BCUT2D eigenvalue weighted by Gasteiger charge is 2.42. The number of nitrogens with zero attached hydrogens (tertiary/aromatic N) is 1. The topological polar surface area (TPSA) is 72.9 Å². The molecule has 6 nitrogen and oxygen atoms in total. The summed E-state index contributed by atoms with van der Waals surface area (Å²) in [7, 11) is 0. The molecule has 0 saturated heterocycles. The second-order valence-electron chi connectivity index (χ2n) is 6.89. The van der Waals surface area contributed by atoms with Gasteiger partial charge in [0.25, 0.3) is 11.8 Å². The third kappa shape index (κ3) is 3.68. The van der Waals surface area contributed by atoms with Gasteiger partial charge < -0.3 is 9.47 Å². The van der Waals surface area contributed by atoms with Crippen LogP contribution in [0.25, 0.3) is 0 Å². The fourth-order valence-electron chi connectivity index (χ4n) is 3.57. The minimum Gasteiger partial charge on any atom is -0.480 e. The summed E-state index contributed by atoms with van der Waals surface area (Å²) in [6, 6.07) is 10.7. The summed E-state index contributed by atoms with van der Waals surface area (Å²) in [6.45, 7) is -0.490. The van der Waals surface area contributed by atoms with E-state index in [2.05, 4.69) is 0 Å². The van der Waals surface area contributed by atoms with Crippen LogP contribution >= 0.6 is 11.6 Å². The van der Waals surface area contributed by atoms with Crippen LogP contribution in [0.4, 0.5) is 10.1 Å². The fourth-order valence-corrected chi connectivity index (χ4v) is 3.86. The summed E-state index contributed by atoms with van der Waals surface area (Å²) in [5.41, 5.74) is 0.467. The molecule has 2 aliphatic rings. The number of para-hydroxylation sites is 1. The van der Waals surface area contributed by atoms with Gasteiger partial charge in [-0.25, -0.2) is 14.1 Å². The van der Waals surface area contributed by atoms with Gasteiger partial charge in [0.2, 0.25) is 0 Å². The van der Waals surface area contributed by atoms with Gasteiger partial charge in [0.1, 0.15) is 28.0 Å². The average Bonchev–Trinajstić information content (AvgIpc) is 2.99. The quantitative estimate of drug-likeness (QED) is 0.404. The molecule has 2 aromatic carbocycles. The molecule has 2 aromatic rings. The van der Waals surface area contributed by atoms with E-state index in [1.807, 2.05) is 0 Å². The molecule has 1 aliphatic carbocycles. The third-order valence-corrected chi connectivity index (χ3v) is 5.33. The van der Waals surface area contributed by atoms with E-state index < -0.39 is 30.2 Å². The Labute approximate surface area is 176 Å². The van der Waals surface area contributed by atoms with Crippen molar-refractivity contribution < 1.29 is 28.2 Å². The maximum atomic E-state index is 14.6. The van der Waals surface area contributed by atoms with E-state index in [4.69, 9.17) is 21.1 Å². The van der Waals surface area contributed by atoms with Gasteiger partial charge in [0.05, 0.1) is 0 Å². The van der Waals surface area contributed by atoms with Gasteiger partial charge in [-0.15, -0.1) is 0 Å². The number of benzene rings is 2. The number of carbonyl (C=O) groups excluding carboxylic acids is 3. The Kier molecular flexibility index (Phi) is 5.55. The highest BCUT2D eigenvalue weighted by molar-refractivity contribution is 6.40. The van der Waals surface area contributed by atoms with Crippen LogP contribution in [-0.2, 0) is 14.4 Å². The van der Waals surface area contributed by atoms with Crippen LogP contribution in [0.2, 0.25) is 5.02 Å². The number of carbonyl (C=O) groups is 3. The van der Waals surface area contributed by atoms with Gasteiger partial charge in [-0.05, 0) is 49.9 Å². The van der Waals surface area contributed by atoms with E-state index >= 15 is 0 Å². The summed E-state index contributed by atoms with van der Waals surface area (Å²) in [5, 5.41) is -0.260. The standard InChI is InChI=1S/C22H17ClFNO5/c23-19-17(29-12-18(26)30-13-6-2-1-3-7-13)11-10-16(24)20(19)25-21(27)14-8-4-5-9-15(14)22(25)28/h1-3,6-7,10-11H,4-5,8-9,12H2. The molecule has 8 heteroatoms. The summed E-state index contributed by atoms with van der Waals surface area (Å²) >= 11 is 6.28. The lowest BCUT2D eigenvalue weighted by atomic mass is 9.93. The van der Waals surface area contributed by atoms with Crippen molar-refractivity contribution in [3.05, 3.63) is 64.5 Å². The van der Waals surface area contributed by atoms with Crippen molar-refractivity contribution in [2.75, 3.05) is 11.5 Å². The van der Waals surface area contributed by atoms with Crippen molar-refractivity contribution in [1.29, 1.82) is 0 Å². The summed E-state index contributed by atoms with van der Waals surface area (Å²) in [4.78, 5) is 38.2. The zero-order valence-electron chi connectivity index (χ0n) is 15.8. The van der Waals surface area contributed by atoms with E-state index in [0.717, 1.165) is 23.8 Å². The zero-order valence-corrected chi connectivity index (χ0v) is 16.6. The van der Waals surface area contributed by atoms with Crippen molar-refractivity contribution in [2.24, 2.45) is 0 Å². The molecular weight excluding hydrogens is 413 g/mol. The molecule has 0 atom stereocenters. The number of esters is 1. The van der Waals surface area contributed by atoms with Crippen molar-refractivity contribution in [3.8, 4) is 11.5 Å². The lowest BCUT2D eigenvalue weighted by Gasteiger charge is -2.19. The maximum absolute atomic E-state index is 14.6. The van der Waals surface area contributed by atoms with Gasteiger partial charge in [-0.2, -0.15) is 0 Å². The van der Waals surface area contributed by atoms with Crippen LogP contribution in [-0.4, -0.2) is 24.4 Å².